The lowest BCUT2D eigenvalue weighted by molar-refractivity contribution is -0.117. The zero-order valence-electron chi connectivity index (χ0n) is 16.6. The normalized spacial score (nSPS) is 17.1. The fourth-order valence-electron chi connectivity index (χ4n) is 4.01. The van der Waals surface area contributed by atoms with Gasteiger partial charge in [-0.3, -0.25) is 9.69 Å². The third-order valence-electron chi connectivity index (χ3n) is 5.45. The monoisotopic (exact) mass is 366 g/mol. The lowest BCUT2D eigenvalue weighted by Crippen LogP contribution is -2.33. The highest BCUT2D eigenvalue weighted by Gasteiger charge is 2.28. The first-order chi connectivity index (χ1) is 13.2. The van der Waals surface area contributed by atoms with Crippen LogP contribution in [0.15, 0.2) is 42.5 Å². The Morgan fingerprint density at radius 1 is 1.15 bits per heavy atom. The van der Waals surface area contributed by atoms with Gasteiger partial charge in [-0.25, -0.2) is 0 Å². The Labute approximate surface area is 162 Å². The van der Waals surface area contributed by atoms with Gasteiger partial charge in [0.25, 0.3) is 0 Å². The van der Waals surface area contributed by atoms with Crippen LogP contribution in [0, 0.1) is 0 Å². The second-order valence-corrected chi connectivity index (χ2v) is 7.11. The molecule has 1 aliphatic rings. The number of para-hydroxylation sites is 1. The van der Waals surface area contributed by atoms with Crippen molar-refractivity contribution in [2.75, 3.05) is 25.5 Å². The van der Waals surface area contributed by atoms with Gasteiger partial charge in [-0.05, 0) is 61.1 Å². The van der Waals surface area contributed by atoms with Crippen LogP contribution in [0.2, 0.25) is 0 Å². The number of hydrogen-bond donors (Lipinski definition) is 1. The maximum absolute atomic E-state index is 12.8. The summed E-state index contributed by atoms with van der Waals surface area (Å²) in [5, 5.41) is 3.20. The molecule has 1 amide bonds. The smallest absolute Gasteiger partial charge is 0.238 e. The third kappa shape index (κ3) is 4.51. The molecule has 4 heteroatoms. The number of ether oxygens (including phenoxy) is 1. The predicted molar refractivity (Wildman–Crippen MR) is 110 cm³/mol. The van der Waals surface area contributed by atoms with Gasteiger partial charge < -0.3 is 10.1 Å². The molecule has 0 aromatic heterocycles. The first-order valence-electron chi connectivity index (χ1n) is 9.94. The Morgan fingerprint density at radius 3 is 2.52 bits per heavy atom. The second kappa shape index (κ2) is 9.05. The molecule has 27 heavy (non-hydrogen) atoms. The summed E-state index contributed by atoms with van der Waals surface area (Å²) >= 11 is 0. The van der Waals surface area contributed by atoms with Gasteiger partial charge >= 0.3 is 0 Å². The number of aryl methyl sites for hydroxylation is 2. The molecular formula is C23H30N2O2. The molecule has 0 radical (unpaired) electrons. The number of benzene rings is 2. The van der Waals surface area contributed by atoms with Crippen molar-refractivity contribution in [2.45, 2.75) is 45.6 Å². The Bertz CT molecular complexity index is 765. The minimum Gasteiger partial charge on any atom is -0.497 e. The zero-order valence-corrected chi connectivity index (χ0v) is 16.6. The summed E-state index contributed by atoms with van der Waals surface area (Å²) in [4.78, 5) is 15.1. The first-order valence-corrected chi connectivity index (χ1v) is 9.94. The van der Waals surface area contributed by atoms with E-state index in [0.29, 0.717) is 6.54 Å². The quantitative estimate of drug-likeness (QED) is 0.779. The molecule has 1 aliphatic heterocycles. The molecule has 144 valence electrons. The second-order valence-electron chi connectivity index (χ2n) is 7.11. The minimum absolute atomic E-state index is 0.0698. The minimum atomic E-state index is 0.0698. The molecule has 0 saturated carbocycles. The van der Waals surface area contributed by atoms with E-state index in [4.69, 9.17) is 4.74 Å². The largest absolute Gasteiger partial charge is 0.497 e. The van der Waals surface area contributed by atoms with Crippen LogP contribution in [0.25, 0.3) is 0 Å². The highest BCUT2D eigenvalue weighted by atomic mass is 16.5. The average Bonchev–Trinajstić information content (AvgIpc) is 3.16. The van der Waals surface area contributed by atoms with Crippen LogP contribution in [0.1, 0.15) is 49.4 Å². The maximum Gasteiger partial charge on any atom is 0.238 e. The van der Waals surface area contributed by atoms with E-state index in [1.807, 2.05) is 12.1 Å². The van der Waals surface area contributed by atoms with Gasteiger partial charge in [-0.15, -0.1) is 0 Å². The maximum atomic E-state index is 12.8. The van der Waals surface area contributed by atoms with Crippen molar-refractivity contribution in [3.8, 4) is 5.75 Å². The van der Waals surface area contributed by atoms with Gasteiger partial charge in [0, 0.05) is 11.7 Å². The van der Waals surface area contributed by atoms with Crippen LogP contribution >= 0.6 is 0 Å². The summed E-state index contributed by atoms with van der Waals surface area (Å²) in [7, 11) is 1.69. The van der Waals surface area contributed by atoms with E-state index in [1.54, 1.807) is 7.11 Å². The number of rotatable bonds is 7. The number of carbonyl (C=O) groups excluding carboxylic acids is 1. The van der Waals surface area contributed by atoms with Crippen LogP contribution < -0.4 is 10.1 Å². The summed E-state index contributed by atoms with van der Waals surface area (Å²) in [5.74, 6) is 0.939. The van der Waals surface area contributed by atoms with Crippen molar-refractivity contribution >= 4 is 11.6 Å². The van der Waals surface area contributed by atoms with Gasteiger partial charge in [0.05, 0.1) is 13.7 Å². The summed E-state index contributed by atoms with van der Waals surface area (Å²) in [6, 6.07) is 14.8. The average molecular weight is 367 g/mol. The van der Waals surface area contributed by atoms with E-state index in [0.717, 1.165) is 43.7 Å². The molecule has 0 bridgehead atoms. The van der Waals surface area contributed by atoms with E-state index >= 15 is 0 Å². The summed E-state index contributed by atoms with van der Waals surface area (Å²) < 4.78 is 5.36. The number of likely N-dealkylation sites (tertiary alicyclic amines) is 1. The summed E-state index contributed by atoms with van der Waals surface area (Å²) in [6.45, 7) is 5.63. The third-order valence-corrected chi connectivity index (χ3v) is 5.45. The van der Waals surface area contributed by atoms with Crippen LogP contribution in [-0.4, -0.2) is 31.0 Å². The summed E-state index contributed by atoms with van der Waals surface area (Å²) in [5.41, 5.74) is 4.63. The van der Waals surface area contributed by atoms with Gasteiger partial charge in [0.1, 0.15) is 5.75 Å². The summed E-state index contributed by atoms with van der Waals surface area (Å²) in [6.07, 6.45) is 4.02. The number of methoxy groups -OCH3 is 1. The molecule has 0 aliphatic carbocycles. The number of carbonyl (C=O) groups is 1. The molecule has 1 unspecified atom stereocenters. The highest BCUT2D eigenvalue weighted by molar-refractivity contribution is 5.94. The number of anilines is 1. The van der Waals surface area contributed by atoms with Crippen molar-refractivity contribution in [1.29, 1.82) is 0 Å². The molecule has 1 fully saturated rings. The number of nitrogens with one attached hydrogen (secondary N) is 1. The van der Waals surface area contributed by atoms with Crippen LogP contribution in [0.5, 0.6) is 5.75 Å². The SMILES string of the molecule is CCc1cccc(CC)c1NC(=O)CN1CCCC1c1cccc(OC)c1. The lowest BCUT2D eigenvalue weighted by Gasteiger charge is -2.25. The van der Waals surface area contributed by atoms with Crippen molar-refractivity contribution < 1.29 is 9.53 Å². The number of amides is 1. The van der Waals surface area contributed by atoms with E-state index in [1.165, 1.54) is 16.7 Å². The fraction of sp³-hybridized carbons (Fsp3) is 0.435. The highest BCUT2D eigenvalue weighted by Crippen LogP contribution is 2.33. The standard InChI is InChI=1S/C23H30N2O2/c1-4-17-9-6-10-18(5-2)23(17)24-22(26)16-25-14-8-13-21(25)19-11-7-12-20(15-19)27-3/h6-7,9-12,15,21H,4-5,8,13-14,16H2,1-3H3,(H,24,26). The molecule has 0 spiro atoms. The van der Waals surface area contributed by atoms with Crippen molar-refractivity contribution in [1.82, 2.24) is 4.90 Å². The fourth-order valence-corrected chi connectivity index (χ4v) is 4.01. The topological polar surface area (TPSA) is 41.6 Å². The molecule has 1 heterocycles. The van der Waals surface area contributed by atoms with Gasteiger partial charge in [0.15, 0.2) is 0 Å². The number of hydrogen-bond acceptors (Lipinski definition) is 3. The molecule has 2 aromatic rings. The molecule has 1 N–H and O–H groups in total. The lowest BCUT2D eigenvalue weighted by atomic mass is 10.0. The molecular weight excluding hydrogens is 336 g/mol. The van der Waals surface area contributed by atoms with Crippen molar-refractivity contribution in [3.63, 3.8) is 0 Å². The predicted octanol–water partition coefficient (Wildman–Crippen LogP) is 4.60. The Morgan fingerprint density at radius 2 is 1.85 bits per heavy atom. The first kappa shape index (κ1) is 19.4. The van der Waals surface area contributed by atoms with Gasteiger partial charge in [-0.2, -0.15) is 0 Å². The van der Waals surface area contributed by atoms with E-state index in [-0.39, 0.29) is 11.9 Å². The molecule has 1 atom stereocenters. The Kier molecular flexibility index (Phi) is 6.51. The van der Waals surface area contributed by atoms with E-state index < -0.39 is 0 Å². The van der Waals surface area contributed by atoms with E-state index in [2.05, 4.69) is 54.4 Å². The van der Waals surface area contributed by atoms with Gasteiger partial charge in [-0.1, -0.05) is 44.2 Å². The van der Waals surface area contributed by atoms with Gasteiger partial charge in [0.2, 0.25) is 5.91 Å². The molecule has 1 saturated heterocycles. The van der Waals surface area contributed by atoms with Crippen LogP contribution in [0.3, 0.4) is 0 Å². The Hall–Kier alpha value is -2.33. The molecule has 4 nitrogen and oxygen atoms in total. The van der Waals surface area contributed by atoms with Crippen LogP contribution in [-0.2, 0) is 17.6 Å². The van der Waals surface area contributed by atoms with Crippen LogP contribution in [0.4, 0.5) is 5.69 Å². The zero-order chi connectivity index (χ0) is 19.2. The molecule has 2 aromatic carbocycles. The number of nitrogens with zero attached hydrogens (tertiary/aromatic N) is 1. The Balaban J connectivity index is 1.72. The van der Waals surface area contributed by atoms with Crippen molar-refractivity contribution in [2.24, 2.45) is 0 Å². The molecule has 3 rings (SSSR count). The van der Waals surface area contributed by atoms with E-state index in [9.17, 15) is 4.79 Å². The van der Waals surface area contributed by atoms with Crippen molar-refractivity contribution in [3.05, 3.63) is 59.2 Å².